The van der Waals surface area contributed by atoms with Gasteiger partial charge in [-0.3, -0.25) is 4.79 Å². The van der Waals surface area contributed by atoms with Gasteiger partial charge in [0.05, 0.1) is 0 Å². The molecule has 2 rings (SSSR count). The molecular weight excluding hydrogens is 196 g/mol. The Morgan fingerprint density at radius 1 is 1.19 bits per heavy atom. The third-order valence-corrected chi connectivity index (χ3v) is 2.68. The number of allylic oxidation sites excluding steroid dienone is 2. The lowest BCUT2D eigenvalue weighted by Gasteiger charge is -2.05. The van der Waals surface area contributed by atoms with Crippen molar-refractivity contribution < 1.29 is 4.79 Å². The summed E-state index contributed by atoms with van der Waals surface area (Å²) in [5, 5.41) is 0. The third kappa shape index (κ3) is 2.84. The van der Waals surface area contributed by atoms with Crippen LogP contribution in [0.15, 0.2) is 35.9 Å². The SMILES string of the molecule is O=Cc1cccc(C#CC2=CCCCC2)c1. The fraction of sp³-hybridized carbons (Fsp3) is 0.267. The van der Waals surface area contributed by atoms with E-state index in [0.717, 1.165) is 24.7 Å². The maximum absolute atomic E-state index is 10.6. The lowest BCUT2D eigenvalue weighted by molar-refractivity contribution is 0.112. The highest BCUT2D eigenvalue weighted by atomic mass is 16.1. The monoisotopic (exact) mass is 210 g/mol. The molecule has 0 atom stereocenters. The standard InChI is InChI=1S/C15H14O/c16-12-15-8-4-7-14(11-15)10-9-13-5-2-1-3-6-13/h4-5,7-8,11-12H,1-3,6H2. The Balaban J connectivity index is 2.16. The molecule has 0 amide bonds. The summed E-state index contributed by atoms with van der Waals surface area (Å²) in [7, 11) is 0. The average molecular weight is 210 g/mol. The van der Waals surface area contributed by atoms with Gasteiger partial charge in [0.2, 0.25) is 0 Å². The molecule has 0 spiro atoms. The summed E-state index contributed by atoms with van der Waals surface area (Å²) in [6.07, 6.45) is 7.85. The predicted molar refractivity (Wildman–Crippen MR) is 65.3 cm³/mol. The first kappa shape index (κ1) is 10.7. The van der Waals surface area contributed by atoms with E-state index in [1.807, 2.05) is 18.2 Å². The molecule has 16 heavy (non-hydrogen) atoms. The molecule has 1 aliphatic rings. The van der Waals surface area contributed by atoms with Gasteiger partial charge in [-0.15, -0.1) is 0 Å². The van der Waals surface area contributed by atoms with Crippen LogP contribution in [0.4, 0.5) is 0 Å². The summed E-state index contributed by atoms with van der Waals surface area (Å²) in [5.74, 6) is 6.30. The largest absolute Gasteiger partial charge is 0.298 e. The quantitative estimate of drug-likeness (QED) is 0.513. The molecule has 80 valence electrons. The van der Waals surface area contributed by atoms with Gasteiger partial charge in [0, 0.05) is 11.1 Å². The first-order valence-corrected chi connectivity index (χ1v) is 5.65. The molecule has 0 heterocycles. The van der Waals surface area contributed by atoms with Gasteiger partial charge in [-0.2, -0.15) is 0 Å². The van der Waals surface area contributed by atoms with Crippen molar-refractivity contribution in [3.63, 3.8) is 0 Å². The second kappa shape index (κ2) is 5.32. The Labute approximate surface area is 96.2 Å². The molecule has 1 aliphatic carbocycles. The highest BCUT2D eigenvalue weighted by Gasteiger charge is 1.99. The Morgan fingerprint density at radius 3 is 2.88 bits per heavy atom. The van der Waals surface area contributed by atoms with Gasteiger partial charge in [-0.1, -0.05) is 30.0 Å². The van der Waals surface area contributed by atoms with Crippen LogP contribution in [0.3, 0.4) is 0 Å². The van der Waals surface area contributed by atoms with Crippen molar-refractivity contribution in [2.45, 2.75) is 25.7 Å². The molecule has 0 radical (unpaired) electrons. The smallest absolute Gasteiger partial charge is 0.150 e. The zero-order valence-corrected chi connectivity index (χ0v) is 9.20. The molecular formula is C15H14O. The number of carbonyl (C=O) groups excluding carboxylic acids is 1. The number of hydrogen-bond donors (Lipinski definition) is 0. The molecule has 0 aromatic heterocycles. The number of benzene rings is 1. The van der Waals surface area contributed by atoms with Crippen LogP contribution in [0.1, 0.15) is 41.6 Å². The first-order valence-electron chi connectivity index (χ1n) is 5.65. The van der Waals surface area contributed by atoms with Crippen LogP contribution in [0.25, 0.3) is 0 Å². The molecule has 1 heteroatoms. The van der Waals surface area contributed by atoms with Crippen molar-refractivity contribution in [2.24, 2.45) is 0 Å². The summed E-state index contributed by atoms with van der Waals surface area (Å²) in [6.45, 7) is 0. The van der Waals surface area contributed by atoms with E-state index in [1.165, 1.54) is 18.4 Å². The Morgan fingerprint density at radius 2 is 2.12 bits per heavy atom. The van der Waals surface area contributed by atoms with Crippen LogP contribution in [0.2, 0.25) is 0 Å². The highest BCUT2D eigenvalue weighted by Crippen LogP contribution is 2.16. The Bertz CT molecular complexity index is 472. The van der Waals surface area contributed by atoms with Crippen LogP contribution in [-0.2, 0) is 0 Å². The second-order valence-corrected chi connectivity index (χ2v) is 3.97. The summed E-state index contributed by atoms with van der Waals surface area (Å²) in [4.78, 5) is 10.6. The van der Waals surface area contributed by atoms with Gasteiger partial charge >= 0.3 is 0 Å². The van der Waals surface area contributed by atoms with E-state index >= 15 is 0 Å². The van der Waals surface area contributed by atoms with Crippen molar-refractivity contribution in [3.8, 4) is 11.8 Å². The van der Waals surface area contributed by atoms with E-state index in [4.69, 9.17) is 0 Å². The van der Waals surface area contributed by atoms with E-state index < -0.39 is 0 Å². The highest BCUT2D eigenvalue weighted by molar-refractivity contribution is 5.75. The molecule has 0 saturated heterocycles. The molecule has 0 bridgehead atoms. The minimum absolute atomic E-state index is 0.685. The van der Waals surface area contributed by atoms with Gasteiger partial charge in [-0.05, 0) is 43.4 Å². The van der Waals surface area contributed by atoms with E-state index in [0.29, 0.717) is 5.56 Å². The summed E-state index contributed by atoms with van der Waals surface area (Å²) in [5.41, 5.74) is 2.84. The zero-order valence-electron chi connectivity index (χ0n) is 9.20. The Kier molecular flexibility index (Phi) is 3.56. The van der Waals surface area contributed by atoms with Gasteiger partial charge < -0.3 is 0 Å². The number of hydrogen-bond acceptors (Lipinski definition) is 1. The van der Waals surface area contributed by atoms with Crippen LogP contribution in [0, 0.1) is 11.8 Å². The molecule has 1 aromatic rings. The van der Waals surface area contributed by atoms with Crippen LogP contribution in [-0.4, -0.2) is 6.29 Å². The summed E-state index contributed by atoms with van der Waals surface area (Å²) >= 11 is 0. The molecule has 0 aliphatic heterocycles. The second-order valence-electron chi connectivity index (χ2n) is 3.97. The van der Waals surface area contributed by atoms with E-state index in [9.17, 15) is 4.79 Å². The maximum atomic E-state index is 10.6. The van der Waals surface area contributed by atoms with Gasteiger partial charge in [0.1, 0.15) is 6.29 Å². The van der Waals surface area contributed by atoms with Gasteiger partial charge in [0.15, 0.2) is 0 Å². The fourth-order valence-corrected chi connectivity index (χ4v) is 1.79. The summed E-state index contributed by atoms with van der Waals surface area (Å²) in [6, 6.07) is 7.41. The lowest BCUT2D eigenvalue weighted by Crippen LogP contribution is -1.88. The molecule has 1 aromatic carbocycles. The minimum atomic E-state index is 0.685. The number of rotatable bonds is 1. The average Bonchev–Trinajstić information content (AvgIpc) is 2.38. The molecule has 0 saturated carbocycles. The number of carbonyl (C=O) groups is 1. The van der Waals surface area contributed by atoms with Crippen molar-refractivity contribution >= 4 is 6.29 Å². The van der Waals surface area contributed by atoms with Crippen molar-refractivity contribution in [1.29, 1.82) is 0 Å². The van der Waals surface area contributed by atoms with E-state index in [-0.39, 0.29) is 0 Å². The van der Waals surface area contributed by atoms with Gasteiger partial charge in [0.25, 0.3) is 0 Å². The minimum Gasteiger partial charge on any atom is -0.298 e. The third-order valence-electron chi connectivity index (χ3n) is 2.68. The first-order chi connectivity index (χ1) is 7.88. The molecule has 0 fully saturated rings. The van der Waals surface area contributed by atoms with Crippen LogP contribution < -0.4 is 0 Å². The normalized spacial score (nSPS) is 14.6. The maximum Gasteiger partial charge on any atom is 0.150 e. The molecule has 1 nitrogen and oxygen atoms in total. The molecule has 0 N–H and O–H groups in total. The van der Waals surface area contributed by atoms with Crippen LogP contribution >= 0.6 is 0 Å². The zero-order chi connectivity index (χ0) is 11.2. The topological polar surface area (TPSA) is 17.1 Å². The van der Waals surface area contributed by atoms with Crippen molar-refractivity contribution in [1.82, 2.24) is 0 Å². The number of aldehydes is 1. The Hall–Kier alpha value is -1.81. The van der Waals surface area contributed by atoms with Crippen LogP contribution in [0.5, 0.6) is 0 Å². The predicted octanol–water partition coefficient (Wildman–Crippen LogP) is 3.35. The van der Waals surface area contributed by atoms with Crippen molar-refractivity contribution in [2.75, 3.05) is 0 Å². The fourth-order valence-electron chi connectivity index (χ4n) is 1.79. The van der Waals surface area contributed by atoms with E-state index in [1.54, 1.807) is 6.07 Å². The van der Waals surface area contributed by atoms with E-state index in [2.05, 4.69) is 17.9 Å². The molecule has 0 unspecified atom stereocenters. The van der Waals surface area contributed by atoms with Crippen molar-refractivity contribution in [3.05, 3.63) is 47.0 Å². The summed E-state index contributed by atoms with van der Waals surface area (Å²) < 4.78 is 0. The van der Waals surface area contributed by atoms with Gasteiger partial charge in [-0.25, -0.2) is 0 Å². The lowest BCUT2D eigenvalue weighted by atomic mass is 10.00.